The highest BCUT2D eigenvalue weighted by atomic mass is 16.7. The number of carboxylic acid groups (broad SMARTS) is 2. The van der Waals surface area contributed by atoms with Crippen LogP contribution in [0.1, 0.15) is 232 Å². The van der Waals surface area contributed by atoms with Gasteiger partial charge in [-0.25, -0.2) is 14.4 Å². The molecule has 7 aliphatic rings. The maximum absolute atomic E-state index is 13.2. The quantitative estimate of drug-likeness (QED) is 0.0991. The van der Waals surface area contributed by atoms with E-state index in [2.05, 4.69) is 6.58 Å². The van der Waals surface area contributed by atoms with Gasteiger partial charge in [-0.05, 0) is 133 Å². The summed E-state index contributed by atoms with van der Waals surface area (Å²) in [4.78, 5) is 49.2. The van der Waals surface area contributed by atoms with E-state index in [0.717, 1.165) is 37.7 Å². The molecule has 0 heterocycles. The van der Waals surface area contributed by atoms with E-state index in [0.29, 0.717) is 42.1 Å². The fourth-order valence-electron chi connectivity index (χ4n) is 13.2. The van der Waals surface area contributed by atoms with Crippen LogP contribution in [-0.2, 0) is 33.4 Å². The molecule has 0 aromatic rings. The summed E-state index contributed by atoms with van der Waals surface area (Å²) in [5, 5.41) is 19.7. The molecule has 0 aromatic carbocycles. The second-order valence-corrected chi connectivity index (χ2v) is 21.5. The summed E-state index contributed by atoms with van der Waals surface area (Å²) in [6.07, 6.45) is 42.1. The SMILES string of the molecule is C=C(CC=C(C)C(=O)O)C(=O)OCC(OCC)OC(=O)C12CC3CC(CC(C3)C1)C2.O=C(O)C(=C(C1CCCCCCCCC1)C1CCCCCCCCC1)C1CCCCCCCCC1. The molecule has 2 N–H and O–H groups in total. The van der Waals surface area contributed by atoms with Crippen molar-refractivity contribution in [1.29, 1.82) is 0 Å². The van der Waals surface area contributed by atoms with Gasteiger partial charge in [0, 0.05) is 23.3 Å². The predicted molar refractivity (Wildman–Crippen MR) is 258 cm³/mol. The van der Waals surface area contributed by atoms with E-state index in [1.165, 1.54) is 198 Å². The summed E-state index contributed by atoms with van der Waals surface area (Å²) in [5.74, 6) is 0.736. The van der Waals surface area contributed by atoms with Crippen molar-refractivity contribution < 1.29 is 43.6 Å². The standard InChI is InChI=1S/C33H58O2.C23H32O7/c34-33(35)32(30-26-20-14-8-3-9-15-21-27-30)31(28-22-16-10-4-1-5-11-17-23-28)29-24-18-12-6-2-7-13-19-25-29;1-4-28-19(13-29-21(26)15(3)6-5-14(2)20(24)25)30-22(27)23-10-16-7-17(11-23)9-18(8-16)12-23/h28-30H,1-27H2,(H,34,35);5,16-19H,3-4,6-13H2,1-2H3,(H,24,25). The number of ether oxygens (including phenoxy) is 3. The number of carbonyl (C=O) groups is 4. The molecule has 1 unspecified atom stereocenters. The maximum atomic E-state index is 13.2. The fourth-order valence-corrected chi connectivity index (χ4v) is 13.2. The van der Waals surface area contributed by atoms with Crippen LogP contribution < -0.4 is 0 Å². The van der Waals surface area contributed by atoms with Crippen molar-refractivity contribution in [2.45, 2.75) is 238 Å². The third-order valence-electron chi connectivity index (χ3n) is 16.3. The van der Waals surface area contributed by atoms with Gasteiger partial charge in [-0.1, -0.05) is 153 Å². The van der Waals surface area contributed by atoms with Gasteiger partial charge >= 0.3 is 23.9 Å². The minimum Gasteiger partial charge on any atom is -0.478 e. The molecule has 4 bridgehead atoms. The number of hydrogen-bond acceptors (Lipinski definition) is 7. The van der Waals surface area contributed by atoms with Crippen molar-refractivity contribution in [3.8, 4) is 0 Å². The van der Waals surface area contributed by atoms with E-state index in [9.17, 15) is 24.3 Å². The third-order valence-corrected chi connectivity index (χ3v) is 16.3. The van der Waals surface area contributed by atoms with Crippen LogP contribution >= 0.6 is 0 Å². The zero-order chi connectivity index (χ0) is 46.4. The Labute approximate surface area is 393 Å². The number of aliphatic carboxylic acids is 2. The van der Waals surface area contributed by atoms with Crippen LogP contribution in [0.3, 0.4) is 0 Å². The van der Waals surface area contributed by atoms with Gasteiger partial charge in [0.1, 0.15) is 0 Å². The highest BCUT2D eigenvalue weighted by Gasteiger charge is 2.56. The lowest BCUT2D eigenvalue weighted by Gasteiger charge is -2.55. The number of esters is 2. The maximum Gasteiger partial charge on any atom is 0.333 e. The van der Waals surface area contributed by atoms with Crippen molar-refractivity contribution in [3.05, 3.63) is 34.9 Å². The minimum atomic E-state index is -1.05. The van der Waals surface area contributed by atoms with E-state index in [1.54, 1.807) is 6.92 Å². The number of carbonyl (C=O) groups excluding carboxylic acids is 2. The topological polar surface area (TPSA) is 136 Å². The number of rotatable bonds is 14. The lowest BCUT2D eigenvalue weighted by molar-refractivity contribution is -0.211. The van der Waals surface area contributed by atoms with Crippen molar-refractivity contribution >= 4 is 23.9 Å². The minimum absolute atomic E-state index is 0.0728. The van der Waals surface area contributed by atoms with Crippen molar-refractivity contribution in [2.75, 3.05) is 13.2 Å². The molecule has 7 saturated carbocycles. The molecule has 65 heavy (non-hydrogen) atoms. The van der Waals surface area contributed by atoms with E-state index in [-0.39, 0.29) is 30.1 Å². The van der Waals surface area contributed by atoms with Gasteiger partial charge in [0.15, 0.2) is 6.61 Å². The highest BCUT2D eigenvalue weighted by Crippen LogP contribution is 2.60. The molecule has 0 amide bonds. The molecule has 1 atom stereocenters. The Morgan fingerprint density at radius 2 is 0.985 bits per heavy atom. The molecule has 0 radical (unpaired) electrons. The van der Waals surface area contributed by atoms with Gasteiger partial charge in [-0.3, -0.25) is 4.79 Å². The van der Waals surface area contributed by atoms with Crippen LogP contribution in [0.5, 0.6) is 0 Å². The fraction of sp³-hybridized carbons (Fsp3) is 0.821. The average Bonchev–Trinajstić information content (AvgIpc) is 3.28. The molecule has 7 aliphatic carbocycles. The van der Waals surface area contributed by atoms with Gasteiger partial charge in [-0.15, -0.1) is 0 Å². The van der Waals surface area contributed by atoms with Crippen molar-refractivity contribution in [2.24, 2.45) is 40.9 Å². The first-order valence-electron chi connectivity index (χ1n) is 27.0. The molecule has 9 nitrogen and oxygen atoms in total. The monoisotopic (exact) mass is 907 g/mol. The van der Waals surface area contributed by atoms with E-state index in [1.807, 2.05) is 0 Å². The molecule has 9 heteroatoms. The lowest BCUT2D eigenvalue weighted by atomic mass is 9.49. The Morgan fingerprint density at radius 1 is 0.600 bits per heavy atom. The molecule has 0 aromatic heterocycles. The normalized spacial score (nSPS) is 27.5. The largest absolute Gasteiger partial charge is 0.478 e. The summed E-state index contributed by atoms with van der Waals surface area (Å²) >= 11 is 0. The van der Waals surface area contributed by atoms with Crippen molar-refractivity contribution in [1.82, 2.24) is 0 Å². The van der Waals surface area contributed by atoms with E-state index >= 15 is 0 Å². The smallest absolute Gasteiger partial charge is 0.333 e. The zero-order valence-corrected chi connectivity index (χ0v) is 41.0. The summed E-state index contributed by atoms with van der Waals surface area (Å²) in [7, 11) is 0. The van der Waals surface area contributed by atoms with E-state index < -0.39 is 29.6 Å². The van der Waals surface area contributed by atoms with E-state index in [4.69, 9.17) is 19.3 Å². The Bertz CT molecular complexity index is 1480. The van der Waals surface area contributed by atoms with Crippen molar-refractivity contribution in [3.63, 3.8) is 0 Å². The number of hydrogen-bond donors (Lipinski definition) is 2. The summed E-state index contributed by atoms with van der Waals surface area (Å²) < 4.78 is 16.4. The first-order valence-corrected chi connectivity index (χ1v) is 27.0. The van der Waals surface area contributed by atoms with Gasteiger partial charge in [-0.2, -0.15) is 0 Å². The lowest BCUT2D eigenvalue weighted by Crippen LogP contribution is -2.51. The molecule has 0 spiro atoms. The highest BCUT2D eigenvalue weighted by molar-refractivity contribution is 5.90. The molecule has 7 fully saturated rings. The summed E-state index contributed by atoms with van der Waals surface area (Å²) in [5.41, 5.74) is 2.27. The average molecular weight is 907 g/mol. The Morgan fingerprint density at radius 3 is 1.35 bits per heavy atom. The third kappa shape index (κ3) is 17.3. The first kappa shape index (κ1) is 53.0. The molecule has 368 valence electrons. The Kier molecular flexibility index (Phi) is 23.2. The van der Waals surface area contributed by atoms with Gasteiger partial charge in [0.05, 0.1) is 5.41 Å². The molecule has 7 rings (SSSR count). The van der Waals surface area contributed by atoms with Gasteiger partial charge in [0.2, 0.25) is 6.29 Å². The summed E-state index contributed by atoms with van der Waals surface area (Å²) in [6, 6.07) is 0. The van der Waals surface area contributed by atoms with Crippen LogP contribution in [0.4, 0.5) is 0 Å². The van der Waals surface area contributed by atoms with Crippen LogP contribution in [0.15, 0.2) is 34.9 Å². The van der Waals surface area contributed by atoms with Crippen LogP contribution in [0, 0.1) is 40.9 Å². The van der Waals surface area contributed by atoms with Gasteiger partial charge < -0.3 is 24.4 Å². The molecule has 0 aliphatic heterocycles. The first-order chi connectivity index (χ1) is 31.5. The second kappa shape index (κ2) is 28.4. The molecule has 0 saturated heterocycles. The summed E-state index contributed by atoms with van der Waals surface area (Å²) in [6.45, 7) is 6.96. The predicted octanol–water partition coefficient (Wildman–Crippen LogP) is 14.4. The van der Waals surface area contributed by atoms with Crippen LogP contribution in [0.2, 0.25) is 0 Å². The zero-order valence-electron chi connectivity index (χ0n) is 41.0. The molecular weight excluding hydrogens is 817 g/mol. The van der Waals surface area contributed by atoms with Crippen LogP contribution in [0.25, 0.3) is 0 Å². The number of carboxylic acids is 2. The Balaban J connectivity index is 0.000000247. The Hall–Kier alpha value is -2.94. The van der Waals surface area contributed by atoms with Gasteiger partial charge in [0.25, 0.3) is 0 Å². The molecular formula is C56H90O9. The number of allylic oxidation sites excluding steroid dienone is 2. The second-order valence-electron chi connectivity index (χ2n) is 21.5. The van der Waals surface area contributed by atoms with Crippen LogP contribution in [-0.4, -0.2) is 53.6 Å².